The van der Waals surface area contributed by atoms with Crippen molar-refractivity contribution in [3.63, 3.8) is 0 Å². The quantitative estimate of drug-likeness (QED) is 0.495. The van der Waals surface area contributed by atoms with Crippen molar-refractivity contribution in [3.8, 4) is 0 Å². The van der Waals surface area contributed by atoms with Crippen molar-refractivity contribution in [2.24, 2.45) is 5.10 Å². The van der Waals surface area contributed by atoms with Gasteiger partial charge in [0.15, 0.2) is 0 Å². The van der Waals surface area contributed by atoms with Crippen LogP contribution in [0.15, 0.2) is 41.6 Å². The van der Waals surface area contributed by atoms with E-state index < -0.39 is 11.7 Å². The normalized spacial score (nSPS) is 15.7. The van der Waals surface area contributed by atoms with Crippen LogP contribution in [0.5, 0.6) is 0 Å². The predicted octanol–water partition coefficient (Wildman–Crippen LogP) is 3.91. The average molecular weight is 382 g/mol. The SMILES string of the molecule is C/C(=N/Nc1ccc(C(F)(F)F)cn1)c1ccc(N2CCOCC2)c(F)c1. The fourth-order valence-electron chi connectivity index (χ4n) is 2.63. The Morgan fingerprint density at radius 2 is 1.93 bits per heavy atom. The molecule has 5 nitrogen and oxygen atoms in total. The largest absolute Gasteiger partial charge is 0.417 e. The van der Waals surface area contributed by atoms with E-state index in [1.165, 1.54) is 12.1 Å². The van der Waals surface area contributed by atoms with E-state index in [4.69, 9.17) is 4.74 Å². The van der Waals surface area contributed by atoms with Crippen LogP contribution in [0.3, 0.4) is 0 Å². The lowest BCUT2D eigenvalue weighted by molar-refractivity contribution is -0.137. The number of alkyl halides is 3. The molecule has 0 spiro atoms. The Kier molecular flexibility index (Phi) is 5.59. The number of halogens is 4. The van der Waals surface area contributed by atoms with E-state index in [0.29, 0.717) is 43.3 Å². The van der Waals surface area contributed by atoms with E-state index in [-0.39, 0.29) is 11.6 Å². The van der Waals surface area contributed by atoms with E-state index in [1.54, 1.807) is 19.1 Å². The van der Waals surface area contributed by atoms with E-state index in [9.17, 15) is 17.6 Å². The molecule has 1 aromatic heterocycles. The molecule has 0 saturated carbocycles. The Balaban J connectivity index is 1.69. The number of aromatic nitrogens is 1. The molecule has 2 aromatic rings. The summed E-state index contributed by atoms with van der Waals surface area (Å²) in [6.45, 7) is 4.05. The zero-order valence-corrected chi connectivity index (χ0v) is 14.6. The number of ether oxygens (including phenoxy) is 1. The third kappa shape index (κ3) is 4.73. The van der Waals surface area contributed by atoms with Crippen molar-refractivity contribution < 1.29 is 22.3 Å². The van der Waals surface area contributed by atoms with Crippen molar-refractivity contribution in [3.05, 3.63) is 53.5 Å². The first-order chi connectivity index (χ1) is 12.8. The molecule has 1 aliphatic heterocycles. The number of morpholine rings is 1. The van der Waals surface area contributed by atoms with Gasteiger partial charge in [-0.05, 0) is 31.2 Å². The lowest BCUT2D eigenvalue weighted by atomic mass is 10.1. The minimum Gasteiger partial charge on any atom is -0.378 e. The van der Waals surface area contributed by atoms with Crippen molar-refractivity contribution in [2.75, 3.05) is 36.6 Å². The van der Waals surface area contributed by atoms with Gasteiger partial charge in [0.05, 0.1) is 30.2 Å². The van der Waals surface area contributed by atoms with Crippen LogP contribution in [0.4, 0.5) is 29.1 Å². The molecular weight excluding hydrogens is 364 g/mol. The van der Waals surface area contributed by atoms with Crippen LogP contribution in [0.25, 0.3) is 0 Å². The molecule has 0 aliphatic carbocycles. The molecule has 0 bridgehead atoms. The van der Waals surface area contributed by atoms with Crippen molar-refractivity contribution >= 4 is 17.2 Å². The third-order valence-electron chi connectivity index (χ3n) is 4.15. The third-order valence-corrected chi connectivity index (χ3v) is 4.15. The fraction of sp³-hybridized carbons (Fsp3) is 0.333. The number of benzene rings is 1. The van der Waals surface area contributed by atoms with E-state index >= 15 is 0 Å². The highest BCUT2D eigenvalue weighted by Gasteiger charge is 2.30. The Bertz CT molecular complexity index is 815. The second-order valence-corrected chi connectivity index (χ2v) is 6.00. The Morgan fingerprint density at radius 1 is 1.19 bits per heavy atom. The van der Waals surface area contributed by atoms with Crippen LogP contribution in [0.1, 0.15) is 18.1 Å². The number of nitrogens with one attached hydrogen (secondary N) is 1. The van der Waals surface area contributed by atoms with Crippen molar-refractivity contribution in [2.45, 2.75) is 13.1 Å². The molecular formula is C18H18F4N4O. The van der Waals surface area contributed by atoms with Crippen LogP contribution in [-0.2, 0) is 10.9 Å². The smallest absolute Gasteiger partial charge is 0.378 e. The number of nitrogens with zero attached hydrogens (tertiary/aromatic N) is 3. The van der Waals surface area contributed by atoms with Gasteiger partial charge in [-0.3, -0.25) is 5.43 Å². The van der Waals surface area contributed by atoms with Crippen LogP contribution >= 0.6 is 0 Å². The summed E-state index contributed by atoms with van der Waals surface area (Å²) in [4.78, 5) is 5.59. The summed E-state index contributed by atoms with van der Waals surface area (Å²) in [5, 5.41) is 4.06. The standard InChI is InChI=1S/C18H18F4N4O/c1-12(24-25-17-5-3-14(11-23-17)18(20,21)22)13-2-4-16(15(19)10-13)26-6-8-27-9-7-26/h2-5,10-11H,6-9H2,1H3,(H,23,25)/b24-12-. The molecule has 0 amide bonds. The van der Waals surface area contributed by atoms with Gasteiger partial charge in [0.2, 0.25) is 0 Å². The first kappa shape index (κ1) is 19.1. The summed E-state index contributed by atoms with van der Waals surface area (Å²) < 4.78 is 57.3. The zero-order chi connectivity index (χ0) is 19.4. The Hall–Kier alpha value is -2.68. The summed E-state index contributed by atoms with van der Waals surface area (Å²) in [6.07, 6.45) is -3.71. The zero-order valence-electron chi connectivity index (χ0n) is 14.6. The molecule has 0 atom stereocenters. The molecule has 1 aromatic carbocycles. The summed E-state index contributed by atoms with van der Waals surface area (Å²) in [6, 6.07) is 6.91. The molecule has 1 saturated heterocycles. The van der Waals surface area contributed by atoms with Gasteiger partial charge in [-0.15, -0.1) is 0 Å². The second kappa shape index (κ2) is 7.91. The molecule has 0 radical (unpaired) electrons. The highest BCUT2D eigenvalue weighted by atomic mass is 19.4. The molecule has 144 valence electrons. The fourth-order valence-corrected chi connectivity index (χ4v) is 2.63. The van der Waals surface area contributed by atoms with E-state index in [1.807, 2.05) is 4.90 Å². The molecule has 0 unspecified atom stereocenters. The maximum atomic E-state index is 14.4. The van der Waals surface area contributed by atoms with Gasteiger partial charge >= 0.3 is 6.18 Å². The molecule has 1 aliphatic rings. The van der Waals surface area contributed by atoms with E-state index in [2.05, 4.69) is 15.5 Å². The molecule has 1 N–H and O–H groups in total. The lowest BCUT2D eigenvalue weighted by Gasteiger charge is -2.29. The summed E-state index contributed by atoms with van der Waals surface area (Å²) >= 11 is 0. The first-order valence-corrected chi connectivity index (χ1v) is 8.31. The minimum atomic E-state index is -4.44. The number of anilines is 2. The van der Waals surface area contributed by atoms with Crippen LogP contribution in [0, 0.1) is 5.82 Å². The highest BCUT2D eigenvalue weighted by Crippen LogP contribution is 2.29. The number of hydrogen-bond acceptors (Lipinski definition) is 5. The van der Waals surface area contributed by atoms with Crippen molar-refractivity contribution in [1.29, 1.82) is 0 Å². The van der Waals surface area contributed by atoms with Crippen LogP contribution < -0.4 is 10.3 Å². The molecule has 9 heteroatoms. The number of pyridine rings is 1. The van der Waals surface area contributed by atoms with Gasteiger partial charge in [0, 0.05) is 24.8 Å². The van der Waals surface area contributed by atoms with Gasteiger partial charge in [-0.2, -0.15) is 18.3 Å². The monoisotopic (exact) mass is 382 g/mol. The summed E-state index contributed by atoms with van der Waals surface area (Å²) in [5.74, 6) is -0.204. The lowest BCUT2D eigenvalue weighted by Crippen LogP contribution is -2.36. The summed E-state index contributed by atoms with van der Waals surface area (Å²) in [5.41, 5.74) is 3.28. The molecule has 3 rings (SSSR count). The molecule has 1 fully saturated rings. The predicted molar refractivity (Wildman–Crippen MR) is 94.5 cm³/mol. The number of hydrazone groups is 1. The topological polar surface area (TPSA) is 49.8 Å². The number of rotatable bonds is 4. The van der Waals surface area contributed by atoms with Gasteiger partial charge in [0.1, 0.15) is 11.6 Å². The van der Waals surface area contributed by atoms with Gasteiger partial charge in [0.25, 0.3) is 0 Å². The average Bonchev–Trinajstić information content (AvgIpc) is 2.66. The minimum absolute atomic E-state index is 0.160. The summed E-state index contributed by atoms with van der Waals surface area (Å²) in [7, 11) is 0. The Labute approximate surface area is 153 Å². The first-order valence-electron chi connectivity index (χ1n) is 8.31. The van der Waals surface area contributed by atoms with Crippen molar-refractivity contribution in [1.82, 2.24) is 4.98 Å². The molecule has 27 heavy (non-hydrogen) atoms. The van der Waals surface area contributed by atoms with Crippen LogP contribution in [0.2, 0.25) is 0 Å². The van der Waals surface area contributed by atoms with Gasteiger partial charge in [-0.1, -0.05) is 6.07 Å². The highest BCUT2D eigenvalue weighted by molar-refractivity contribution is 5.99. The van der Waals surface area contributed by atoms with Gasteiger partial charge in [-0.25, -0.2) is 9.37 Å². The Morgan fingerprint density at radius 3 is 2.52 bits per heavy atom. The maximum Gasteiger partial charge on any atom is 0.417 e. The van der Waals surface area contributed by atoms with Crippen LogP contribution in [-0.4, -0.2) is 37.0 Å². The van der Waals surface area contributed by atoms with Gasteiger partial charge < -0.3 is 9.64 Å². The number of hydrogen-bond donors (Lipinski definition) is 1. The molecule has 2 heterocycles. The van der Waals surface area contributed by atoms with E-state index in [0.717, 1.165) is 12.3 Å². The second-order valence-electron chi connectivity index (χ2n) is 6.00. The maximum absolute atomic E-state index is 14.4.